The minimum atomic E-state index is -0.127. The van der Waals surface area contributed by atoms with Gasteiger partial charge in [-0.3, -0.25) is 4.79 Å². The van der Waals surface area contributed by atoms with Crippen LogP contribution in [0.15, 0.2) is 24.3 Å². The molecule has 0 aliphatic carbocycles. The van der Waals surface area contributed by atoms with Gasteiger partial charge < -0.3 is 14.8 Å². The molecule has 0 aromatic heterocycles. The molecule has 110 valence electrons. The molecule has 0 fully saturated rings. The molecular formula is C16H23NO3. The van der Waals surface area contributed by atoms with Crippen molar-refractivity contribution < 1.29 is 14.3 Å². The standard InChI is InChI=1S/C16H23NO3/c1-5-6-13-7-8-14(15(9-13)19-4)20-11-16(18)17-10-12(2)3/h5-9,12H,10-11H2,1-4H3,(H,17,18). The molecule has 4 nitrogen and oxygen atoms in total. The van der Waals surface area contributed by atoms with Crippen molar-refractivity contribution >= 4 is 12.0 Å². The van der Waals surface area contributed by atoms with E-state index in [1.54, 1.807) is 7.11 Å². The molecule has 20 heavy (non-hydrogen) atoms. The van der Waals surface area contributed by atoms with Gasteiger partial charge in [-0.05, 0) is 30.5 Å². The number of hydrogen-bond acceptors (Lipinski definition) is 3. The van der Waals surface area contributed by atoms with Gasteiger partial charge in [-0.15, -0.1) is 0 Å². The molecule has 0 radical (unpaired) electrons. The van der Waals surface area contributed by atoms with Gasteiger partial charge in [0.15, 0.2) is 18.1 Å². The molecule has 0 bridgehead atoms. The van der Waals surface area contributed by atoms with Crippen LogP contribution in [0.25, 0.3) is 6.08 Å². The minimum absolute atomic E-state index is 0.00789. The summed E-state index contributed by atoms with van der Waals surface area (Å²) in [6.45, 7) is 6.69. The normalized spacial score (nSPS) is 10.8. The van der Waals surface area contributed by atoms with Crippen molar-refractivity contribution in [1.82, 2.24) is 5.32 Å². The topological polar surface area (TPSA) is 47.6 Å². The molecule has 1 aromatic rings. The van der Waals surface area contributed by atoms with Crippen LogP contribution in [-0.2, 0) is 4.79 Å². The van der Waals surface area contributed by atoms with E-state index >= 15 is 0 Å². The summed E-state index contributed by atoms with van der Waals surface area (Å²) in [5.41, 5.74) is 1.03. The van der Waals surface area contributed by atoms with Crippen molar-refractivity contribution in [3.63, 3.8) is 0 Å². The van der Waals surface area contributed by atoms with Gasteiger partial charge >= 0.3 is 0 Å². The Kier molecular flexibility index (Phi) is 6.64. The van der Waals surface area contributed by atoms with Crippen molar-refractivity contribution in [3.05, 3.63) is 29.8 Å². The Bertz CT molecular complexity index is 467. The Morgan fingerprint density at radius 2 is 2.10 bits per heavy atom. The molecule has 0 spiro atoms. The summed E-state index contributed by atoms with van der Waals surface area (Å²) < 4.78 is 10.8. The van der Waals surface area contributed by atoms with E-state index < -0.39 is 0 Å². The van der Waals surface area contributed by atoms with Gasteiger partial charge in [-0.25, -0.2) is 0 Å². The molecule has 0 heterocycles. The highest BCUT2D eigenvalue weighted by molar-refractivity contribution is 5.77. The number of benzene rings is 1. The number of allylic oxidation sites excluding steroid dienone is 1. The Morgan fingerprint density at radius 3 is 2.70 bits per heavy atom. The van der Waals surface area contributed by atoms with E-state index in [0.29, 0.717) is 24.0 Å². The first-order valence-corrected chi connectivity index (χ1v) is 6.77. The van der Waals surface area contributed by atoms with Crippen LogP contribution in [0.3, 0.4) is 0 Å². The molecule has 0 saturated heterocycles. The predicted octanol–water partition coefficient (Wildman–Crippen LogP) is 2.88. The van der Waals surface area contributed by atoms with E-state index in [4.69, 9.17) is 9.47 Å². The van der Waals surface area contributed by atoms with Crippen molar-refractivity contribution in [1.29, 1.82) is 0 Å². The van der Waals surface area contributed by atoms with Crippen molar-refractivity contribution in [2.45, 2.75) is 20.8 Å². The predicted molar refractivity (Wildman–Crippen MR) is 81.0 cm³/mol. The zero-order valence-electron chi connectivity index (χ0n) is 12.6. The number of methoxy groups -OCH3 is 1. The lowest BCUT2D eigenvalue weighted by Crippen LogP contribution is -2.31. The molecule has 0 unspecified atom stereocenters. The summed E-state index contributed by atoms with van der Waals surface area (Å²) in [5.74, 6) is 1.49. The molecule has 1 amide bonds. The Morgan fingerprint density at radius 1 is 1.35 bits per heavy atom. The van der Waals surface area contributed by atoms with Crippen LogP contribution in [0.4, 0.5) is 0 Å². The molecule has 1 N–H and O–H groups in total. The molecule has 0 saturated carbocycles. The summed E-state index contributed by atoms with van der Waals surface area (Å²) in [7, 11) is 1.58. The summed E-state index contributed by atoms with van der Waals surface area (Å²) in [4.78, 5) is 11.6. The summed E-state index contributed by atoms with van der Waals surface area (Å²) in [6.07, 6.45) is 3.93. The first kappa shape index (κ1) is 16.1. The van der Waals surface area contributed by atoms with E-state index in [1.165, 1.54) is 0 Å². The first-order chi connectivity index (χ1) is 9.56. The largest absolute Gasteiger partial charge is 0.493 e. The highest BCUT2D eigenvalue weighted by Gasteiger charge is 2.08. The monoisotopic (exact) mass is 277 g/mol. The third-order valence-corrected chi connectivity index (χ3v) is 2.61. The summed E-state index contributed by atoms with van der Waals surface area (Å²) in [6, 6.07) is 5.61. The molecule has 1 rings (SSSR count). The van der Waals surface area contributed by atoms with Crippen LogP contribution in [0.2, 0.25) is 0 Å². The summed E-state index contributed by atoms with van der Waals surface area (Å²) in [5, 5.41) is 2.81. The van der Waals surface area contributed by atoms with E-state index in [-0.39, 0.29) is 12.5 Å². The molecule has 0 aliphatic rings. The van der Waals surface area contributed by atoms with Gasteiger partial charge in [0.25, 0.3) is 5.91 Å². The third kappa shape index (κ3) is 5.34. The van der Waals surface area contributed by atoms with Crippen LogP contribution < -0.4 is 14.8 Å². The lowest BCUT2D eigenvalue weighted by molar-refractivity contribution is -0.123. The molecule has 1 aromatic carbocycles. The number of hydrogen-bond donors (Lipinski definition) is 1. The average Bonchev–Trinajstić information content (AvgIpc) is 2.43. The number of nitrogens with one attached hydrogen (secondary N) is 1. The Hall–Kier alpha value is -1.97. The van der Waals surface area contributed by atoms with E-state index in [2.05, 4.69) is 5.32 Å². The smallest absolute Gasteiger partial charge is 0.257 e. The fourth-order valence-corrected chi connectivity index (χ4v) is 1.61. The van der Waals surface area contributed by atoms with Gasteiger partial charge in [-0.2, -0.15) is 0 Å². The van der Waals surface area contributed by atoms with Crippen LogP contribution >= 0.6 is 0 Å². The number of carbonyl (C=O) groups excluding carboxylic acids is 1. The lowest BCUT2D eigenvalue weighted by Gasteiger charge is -2.12. The molecule has 0 aliphatic heterocycles. The van der Waals surface area contributed by atoms with Gasteiger partial charge in [0.2, 0.25) is 0 Å². The van der Waals surface area contributed by atoms with E-state index in [0.717, 1.165) is 5.56 Å². The summed E-state index contributed by atoms with van der Waals surface area (Å²) >= 11 is 0. The maximum atomic E-state index is 11.6. The van der Waals surface area contributed by atoms with Crippen molar-refractivity contribution in [2.75, 3.05) is 20.3 Å². The fraction of sp³-hybridized carbons (Fsp3) is 0.438. The van der Waals surface area contributed by atoms with Crippen LogP contribution in [0, 0.1) is 5.92 Å². The average molecular weight is 277 g/mol. The number of amides is 1. The maximum absolute atomic E-state index is 11.6. The van der Waals surface area contributed by atoms with Crippen LogP contribution in [0.1, 0.15) is 26.3 Å². The first-order valence-electron chi connectivity index (χ1n) is 6.77. The molecule has 4 heteroatoms. The lowest BCUT2D eigenvalue weighted by atomic mass is 10.2. The second-order valence-electron chi connectivity index (χ2n) is 4.90. The van der Waals surface area contributed by atoms with E-state index in [9.17, 15) is 4.79 Å². The highest BCUT2D eigenvalue weighted by atomic mass is 16.5. The van der Waals surface area contributed by atoms with Gasteiger partial charge in [0, 0.05) is 6.54 Å². The molecule has 0 atom stereocenters. The van der Waals surface area contributed by atoms with Gasteiger partial charge in [-0.1, -0.05) is 32.1 Å². The second-order valence-corrected chi connectivity index (χ2v) is 4.90. The van der Waals surface area contributed by atoms with Crippen LogP contribution in [-0.4, -0.2) is 26.2 Å². The van der Waals surface area contributed by atoms with Gasteiger partial charge in [0.05, 0.1) is 7.11 Å². The number of rotatable bonds is 7. The van der Waals surface area contributed by atoms with Crippen LogP contribution in [0.5, 0.6) is 11.5 Å². The Labute approximate surface area is 120 Å². The van der Waals surface area contributed by atoms with Crippen molar-refractivity contribution in [3.8, 4) is 11.5 Å². The zero-order chi connectivity index (χ0) is 15.0. The highest BCUT2D eigenvalue weighted by Crippen LogP contribution is 2.28. The number of ether oxygens (including phenoxy) is 2. The second kappa shape index (κ2) is 8.25. The minimum Gasteiger partial charge on any atom is -0.493 e. The van der Waals surface area contributed by atoms with Crippen molar-refractivity contribution in [2.24, 2.45) is 5.92 Å². The van der Waals surface area contributed by atoms with E-state index in [1.807, 2.05) is 51.1 Å². The molecular weight excluding hydrogens is 254 g/mol. The number of carbonyl (C=O) groups is 1. The Balaban J connectivity index is 2.61. The SMILES string of the molecule is CC=Cc1ccc(OCC(=O)NCC(C)C)c(OC)c1. The quantitative estimate of drug-likeness (QED) is 0.833. The fourth-order valence-electron chi connectivity index (χ4n) is 1.61. The van der Waals surface area contributed by atoms with Gasteiger partial charge in [0.1, 0.15) is 0 Å². The zero-order valence-corrected chi connectivity index (χ0v) is 12.6. The maximum Gasteiger partial charge on any atom is 0.257 e. The third-order valence-electron chi connectivity index (χ3n) is 2.61.